The molecule has 0 aliphatic carbocycles. The molecule has 0 aromatic carbocycles. The Morgan fingerprint density at radius 1 is 1.42 bits per heavy atom. The summed E-state index contributed by atoms with van der Waals surface area (Å²) in [5.74, 6) is -1.50. The third kappa shape index (κ3) is 5.99. The van der Waals surface area contributed by atoms with Crippen LogP contribution in [0.2, 0.25) is 0 Å². The molecular formula is C6H11NO4S. The molecule has 0 heterocycles. The van der Waals surface area contributed by atoms with Gasteiger partial charge in [-0.15, -0.1) is 0 Å². The predicted molar refractivity (Wildman–Crippen MR) is 45.2 cm³/mol. The van der Waals surface area contributed by atoms with Crippen molar-refractivity contribution in [2.45, 2.75) is 12.5 Å². The SMILES string of the molecule is N[C@@H](CCSCC(=O)O)C(=O)O. The topological polar surface area (TPSA) is 101 Å². The Kier molecular flexibility index (Phi) is 5.48. The van der Waals surface area contributed by atoms with E-state index in [4.69, 9.17) is 15.9 Å². The normalized spacial score (nSPS) is 12.4. The highest BCUT2D eigenvalue weighted by Gasteiger charge is 2.10. The van der Waals surface area contributed by atoms with Crippen molar-refractivity contribution >= 4 is 23.7 Å². The van der Waals surface area contributed by atoms with Gasteiger partial charge in [-0.2, -0.15) is 11.8 Å². The van der Waals surface area contributed by atoms with Gasteiger partial charge in [-0.3, -0.25) is 9.59 Å². The van der Waals surface area contributed by atoms with Crippen LogP contribution in [0.1, 0.15) is 6.42 Å². The number of carboxylic acids is 2. The summed E-state index contributed by atoms with van der Waals surface area (Å²) < 4.78 is 0. The van der Waals surface area contributed by atoms with Crippen LogP contribution in [-0.2, 0) is 9.59 Å². The van der Waals surface area contributed by atoms with E-state index in [-0.39, 0.29) is 5.75 Å². The number of hydrogen-bond donors (Lipinski definition) is 3. The summed E-state index contributed by atoms with van der Waals surface area (Å²) in [6.45, 7) is 0. The van der Waals surface area contributed by atoms with E-state index in [2.05, 4.69) is 0 Å². The summed E-state index contributed by atoms with van der Waals surface area (Å²) in [4.78, 5) is 20.2. The number of carboxylic acid groups (broad SMARTS) is 2. The van der Waals surface area contributed by atoms with E-state index in [1.165, 1.54) is 0 Å². The molecule has 0 spiro atoms. The molecule has 0 bridgehead atoms. The van der Waals surface area contributed by atoms with Gasteiger partial charge in [0, 0.05) is 0 Å². The number of nitrogens with two attached hydrogens (primary N) is 1. The van der Waals surface area contributed by atoms with E-state index in [1.807, 2.05) is 0 Å². The van der Waals surface area contributed by atoms with Gasteiger partial charge < -0.3 is 15.9 Å². The van der Waals surface area contributed by atoms with E-state index < -0.39 is 18.0 Å². The molecule has 0 amide bonds. The summed E-state index contributed by atoms with van der Waals surface area (Å²) in [6.07, 6.45) is 0.299. The van der Waals surface area contributed by atoms with Crippen molar-refractivity contribution < 1.29 is 19.8 Å². The maximum absolute atomic E-state index is 10.2. The minimum Gasteiger partial charge on any atom is -0.481 e. The van der Waals surface area contributed by atoms with Crippen molar-refractivity contribution in [3.05, 3.63) is 0 Å². The lowest BCUT2D eigenvalue weighted by atomic mass is 10.2. The van der Waals surface area contributed by atoms with Crippen LogP contribution >= 0.6 is 11.8 Å². The number of hydrogen-bond acceptors (Lipinski definition) is 4. The van der Waals surface area contributed by atoms with Crippen molar-refractivity contribution in [3.8, 4) is 0 Å². The lowest BCUT2D eigenvalue weighted by Gasteiger charge is -2.03. The fourth-order valence-corrected chi connectivity index (χ4v) is 1.23. The monoisotopic (exact) mass is 193 g/mol. The van der Waals surface area contributed by atoms with Crippen LogP contribution < -0.4 is 5.73 Å². The Hall–Kier alpha value is -0.750. The minimum absolute atomic E-state index is 0.00760. The number of aliphatic carboxylic acids is 2. The molecule has 4 N–H and O–H groups in total. The lowest BCUT2D eigenvalue weighted by molar-refractivity contribution is -0.138. The second-order valence-electron chi connectivity index (χ2n) is 2.18. The maximum Gasteiger partial charge on any atom is 0.320 e. The van der Waals surface area contributed by atoms with Crippen LogP contribution in [0.3, 0.4) is 0 Å². The molecule has 5 nitrogen and oxygen atoms in total. The quantitative estimate of drug-likeness (QED) is 0.496. The molecule has 1 atom stereocenters. The van der Waals surface area contributed by atoms with E-state index in [1.54, 1.807) is 0 Å². The van der Waals surface area contributed by atoms with Gasteiger partial charge in [0.1, 0.15) is 6.04 Å². The molecule has 0 aromatic rings. The van der Waals surface area contributed by atoms with Crippen LogP contribution in [0.5, 0.6) is 0 Å². The largest absolute Gasteiger partial charge is 0.481 e. The van der Waals surface area contributed by atoms with Crippen molar-refractivity contribution in [2.24, 2.45) is 5.73 Å². The molecule has 0 saturated heterocycles. The first-order chi connectivity index (χ1) is 5.54. The zero-order valence-corrected chi connectivity index (χ0v) is 7.21. The first-order valence-corrected chi connectivity index (χ1v) is 4.47. The Bertz CT molecular complexity index is 173. The van der Waals surface area contributed by atoms with Gasteiger partial charge in [0.05, 0.1) is 5.75 Å². The smallest absolute Gasteiger partial charge is 0.320 e. The highest BCUT2D eigenvalue weighted by Crippen LogP contribution is 2.03. The van der Waals surface area contributed by atoms with Crippen LogP contribution in [0.15, 0.2) is 0 Å². The number of carbonyl (C=O) groups is 2. The van der Waals surface area contributed by atoms with Crippen LogP contribution in [0.25, 0.3) is 0 Å². The standard InChI is InChI=1S/C6H11NO4S/c7-4(6(10)11)1-2-12-3-5(8)9/h4H,1-3,7H2,(H,8,9)(H,10,11)/t4-/m0/s1. The van der Waals surface area contributed by atoms with Gasteiger partial charge in [0.15, 0.2) is 0 Å². The summed E-state index contributed by atoms with van der Waals surface area (Å²) in [5.41, 5.74) is 5.17. The van der Waals surface area contributed by atoms with Crippen LogP contribution in [-0.4, -0.2) is 39.7 Å². The molecule has 0 fully saturated rings. The van der Waals surface area contributed by atoms with E-state index in [0.717, 1.165) is 11.8 Å². The molecule has 0 aliphatic rings. The average Bonchev–Trinajstić information content (AvgIpc) is 1.97. The molecule has 0 saturated carbocycles. The van der Waals surface area contributed by atoms with Crippen molar-refractivity contribution in [1.82, 2.24) is 0 Å². The maximum atomic E-state index is 10.2. The molecule has 0 aromatic heterocycles. The Balaban J connectivity index is 3.31. The fourth-order valence-electron chi connectivity index (χ4n) is 0.493. The van der Waals surface area contributed by atoms with Gasteiger partial charge in [0.2, 0.25) is 0 Å². The van der Waals surface area contributed by atoms with E-state index >= 15 is 0 Å². The first kappa shape index (κ1) is 11.2. The fraction of sp³-hybridized carbons (Fsp3) is 0.667. The summed E-state index contributed by atoms with van der Waals surface area (Å²) in [6, 6.07) is -0.883. The summed E-state index contributed by atoms with van der Waals surface area (Å²) >= 11 is 1.16. The van der Waals surface area contributed by atoms with Crippen molar-refractivity contribution in [2.75, 3.05) is 11.5 Å². The second kappa shape index (κ2) is 5.84. The number of rotatable bonds is 6. The van der Waals surface area contributed by atoms with Gasteiger partial charge in [0.25, 0.3) is 0 Å². The average molecular weight is 193 g/mol. The first-order valence-electron chi connectivity index (χ1n) is 3.32. The van der Waals surface area contributed by atoms with E-state index in [9.17, 15) is 9.59 Å². The molecule has 70 valence electrons. The zero-order valence-electron chi connectivity index (χ0n) is 6.40. The highest BCUT2D eigenvalue weighted by atomic mass is 32.2. The van der Waals surface area contributed by atoms with Gasteiger partial charge >= 0.3 is 11.9 Å². The zero-order chi connectivity index (χ0) is 9.56. The molecular weight excluding hydrogens is 182 g/mol. The lowest BCUT2D eigenvalue weighted by Crippen LogP contribution is -2.30. The highest BCUT2D eigenvalue weighted by molar-refractivity contribution is 7.99. The summed E-state index contributed by atoms with van der Waals surface area (Å²) in [5, 5.41) is 16.6. The third-order valence-corrected chi connectivity index (χ3v) is 2.09. The molecule has 0 radical (unpaired) electrons. The van der Waals surface area contributed by atoms with Crippen molar-refractivity contribution in [1.29, 1.82) is 0 Å². The van der Waals surface area contributed by atoms with Gasteiger partial charge in [-0.05, 0) is 12.2 Å². The van der Waals surface area contributed by atoms with Gasteiger partial charge in [-0.25, -0.2) is 0 Å². The third-order valence-electron chi connectivity index (χ3n) is 1.12. The Morgan fingerprint density at radius 3 is 2.42 bits per heavy atom. The molecule has 0 aliphatic heterocycles. The van der Waals surface area contributed by atoms with Crippen LogP contribution in [0.4, 0.5) is 0 Å². The molecule has 0 unspecified atom stereocenters. The minimum atomic E-state index is -1.05. The molecule has 6 heteroatoms. The summed E-state index contributed by atoms with van der Waals surface area (Å²) in [7, 11) is 0. The Labute approximate surface area is 73.9 Å². The second-order valence-corrected chi connectivity index (χ2v) is 3.28. The number of thioether (sulfide) groups is 1. The Morgan fingerprint density at radius 2 is 2.00 bits per heavy atom. The molecule has 0 rings (SSSR count). The van der Waals surface area contributed by atoms with Crippen LogP contribution in [0, 0.1) is 0 Å². The van der Waals surface area contributed by atoms with Gasteiger partial charge in [-0.1, -0.05) is 0 Å². The molecule has 12 heavy (non-hydrogen) atoms. The van der Waals surface area contributed by atoms with Crippen molar-refractivity contribution in [3.63, 3.8) is 0 Å². The predicted octanol–water partition coefficient (Wildman–Crippen LogP) is -0.394. The van der Waals surface area contributed by atoms with E-state index in [0.29, 0.717) is 12.2 Å².